The summed E-state index contributed by atoms with van der Waals surface area (Å²) in [5.41, 5.74) is 0. The number of hydrogen-bond acceptors (Lipinski definition) is 5. The Hall–Kier alpha value is -1.10. The third-order valence-electron chi connectivity index (χ3n) is 8.23. The summed E-state index contributed by atoms with van der Waals surface area (Å²) in [6.07, 6.45) is 28.3. The Morgan fingerprint density at radius 1 is 0.512 bits per heavy atom. The van der Waals surface area contributed by atoms with Crippen LogP contribution in [0.3, 0.4) is 0 Å². The first-order valence-corrected chi connectivity index (χ1v) is 18.1. The lowest BCUT2D eigenvalue weighted by molar-refractivity contribution is -0.150. The van der Waals surface area contributed by atoms with Gasteiger partial charge in [0.2, 0.25) is 0 Å². The fourth-order valence-corrected chi connectivity index (χ4v) is 5.39. The summed E-state index contributed by atoms with van der Waals surface area (Å²) >= 11 is 0. The van der Waals surface area contributed by atoms with Gasteiger partial charge in [-0.05, 0) is 64.6 Å². The average Bonchev–Trinajstić information content (AvgIpc) is 2.97. The van der Waals surface area contributed by atoms with Crippen molar-refractivity contribution in [2.24, 2.45) is 0 Å². The lowest BCUT2D eigenvalue weighted by Gasteiger charge is -2.20. The second-order valence-electron chi connectivity index (χ2n) is 12.2. The zero-order chi connectivity index (χ0) is 30.2. The van der Waals surface area contributed by atoms with E-state index in [1.54, 1.807) is 0 Å². The molecule has 0 aromatic heterocycles. The maximum atomic E-state index is 12.3. The Morgan fingerprint density at radius 2 is 0.951 bits per heavy atom. The van der Waals surface area contributed by atoms with Gasteiger partial charge in [-0.2, -0.15) is 0 Å². The van der Waals surface area contributed by atoms with Crippen molar-refractivity contribution in [3.8, 4) is 0 Å². The molecule has 0 fully saturated rings. The highest BCUT2D eigenvalue weighted by molar-refractivity contribution is 5.69. The number of hydrogen-bond donors (Lipinski definition) is 0. The van der Waals surface area contributed by atoms with Gasteiger partial charge in [0.25, 0.3) is 0 Å². The molecule has 41 heavy (non-hydrogen) atoms. The second kappa shape index (κ2) is 31.8. The average molecular weight is 582 g/mol. The molecule has 0 aromatic carbocycles. The minimum Gasteiger partial charge on any atom is -0.466 e. The summed E-state index contributed by atoms with van der Waals surface area (Å²) < 4.78 is 11.2. The molecule has 0 radical (unpaired) electrons. The van der Waals surface area contributed by atoms with Gasteiger partial charge in [0.05, 0.1) is 6.61 Å². The van der Waals surface area contributed by atoms with E-state index in [1.807, 2.05) is 0 Å². The number of ether oxygens (including phenoxy) is 2. The van der Waals surface area contributed by atoms with Crippen molar-refractivity contribution in [2.45, 2.75) is 194 Å². The molecule has 0 atom stereocenters. The third-order valence-corrected chi connectivity index (χ3v) is 8.23. The normalized spacial score (nSPS) is 11.5. The molecule has 0 heterocycles. The number of rotatable bonds is 32. The summed E-state index contributed by atoms with van der Waals surface area (Å²) in [5.74, 6) is 0.00429. The molecular formula is C36H71NO4. The number of nitrogens with zero attached hydrogens (tertiary/aromatic N) is 1. The van der Waals surface area contributed by atoms with Gasteiger partial charge < -0.3 is 14.4 Å². The lowest BCUT2D eigenvalue weighted by atomic mass is 10.1. The monoisotopic (exact) mass is 582 g/mol. The SMILES string of the molecule is CCCCCCCCCOC(=O)CCCCCCCN(CC)CCCCCCCC(=O)OC(CCCC)CCCC. The van der Waals surface area contributed by atoms with E-state index in [1.165, 1.54) is 90.1 Å². The quantitative estimate of drug-likeness (QED) is 0.0584. The number of carbonyl (C=O) groups excluding carboxylic acids is 2. The van der Waals surface area contributed by atoms with Crippen molar-refractivity contribution in [1.82, 2.24) is 4.90 Å². The molecule has 0 rings (SSSR count). The Balaban J connectivity index is 3.61. The molecule has 5 nitrogen and oxygen atoms in total. The van der Waals surface area contributed by atoms with Crippen LogP contribution in [0.1, 0.15) is 188 Å². The van der Waals surface area contributed by atoms with Crippen LogP contribution in [-0.4, -0.2) is 49.2 Å². The van der Waals surface area contributed by atoms with Gasteiger partial charge in [0, 0.05) is 12.8 Å². The van der Waals surface area contributed by atoms with E-state index in [4.69, 9.17) is 9.47 Å². The summed E-state index contributed by atoms with van der Waals surface area (Å²) in [5, 5.41) is 0. The molecule has 0 spiro atoms. The van der Waals surface area contributed by atoms with E-state index in [0.717, 1.165) is 77.2 Å². The minimum atomic E-state index is -0.00784. The fourth-order valence-electron chi connectivity index (χ4n) is 5.39. The first-order chi connectivity index (χ1) is 20.1. The van der Waals surface area contributed by atoms with Crippen LogP contribution in [0.4, 0.5) is 0 Å². The molecule has 0 saturated heterocycles. The van der Waals surface area contributed by atoms with Gasteiger partial charge in [-0.1, -0.05) is 130 Å². The van der Waals surface area contributed by atoms with Gasteiger partial charge in [0.1, 0.15) is 6.10 Å². The first-order valence-electron chi connectivity index (χ1n) is 18.1. The predicted octanol–water partition coefficient (Wildman–Crippen LogP) is 10.6. The zero-order valence-electron chi connectivity index (χ0n) is 28.2. The number of unbranched alkanes of at least 4 members (excludes halogenated alkanes) is 16. The maximum absolute atomic E-state index is 12.3. The van der Waals surface area contributed by atoms with E-state index in [2.05, 4.69) is 32.6 Å². The fraction of sp³-hybridized carbons (Fsp3) is 0.944. The largest absolute Gasteiger partial charge is 0.466 e. The molecule has 0 aliphatic heterocycles. The molecule has 0 aliphatic carbocycles. The van der Waals surface area contributed by atoms with Crippen molar-refractivity contribution in [1.29, 1.82) is 0 Å². The lowest BCUT2D eigenvalue weighted by Crippen LogP contribution is -2.25. The van der Waals surface area contributed by atoms with Crippen molar-refractivity contribution >= 4 is 11.9 Å². The van der Waals surface area contributed by atoms with Gasteiger partial charge in [-0.3, -0.25) is 9.59 Å². The maximum Gasteiger partial charge on any atom is 0.306 e. The highest BCUT2D eigenvalue weighted by Crippen LogP contribution is 2.15. The molecule has 0 aromatic rings. The number of esters is 2. The minimum absolute atomic E-state index is 0.00784. The Morgan fingerprint density at radius 3 is 1.46 bits per heavy atom. The summed E-state index contributed by atoms with van der Waals surface area (Å²) in [6, 6.07) is 0. The molecule has 0 amide bonds. The van der Waals surface area contributed by atoms with Crippen LogP contribution in [0.5, 0.6) is 0 Å². The number of carbonyl (C=O) groups is 2. The van der Waals surface area contributed by atoms with Crippen LogP contribution in [0.25, 0.3) is 0 Å². The van der Waals surface area contributed by atoms with Crippen LogP contribution < -0.4 is 0 Å². The van der Waals surface area contributed by atoms with Crippen LogP contribution in [0, 0.1) is 0 Å². The summed E-state index contributed by atoms with van der Waals surface area (Å²) in [7, 11) is 0. The van der Waals surface area contributed by atoms with E-state index in [0.29, 0.717) is 19.4 Å². The smallest absolute Gasteiger partial charge is 0.306 e. The van der Waals surface area contributed by atoms with Crippen LogP contribution in [0.2, 0.25) is 0 Å². The van der Waals surface area contributed by atoms with Crippen LogP contribution >= 0.6 is 0 Å². The Bertz CT molecular complexity index is 560. The molecule has 5 heteroatoms. The van der Waals surface area contributed by atoms with E-state index < -0.39 is 0 Å². The van der Waals surface area contributed by atoms with Gasteiger partial charge in [0.15, 0.2) is 0 Å². The molecule has 0 aliphatic rings. The standard InChI is InChI=1S/C36H71NO4/c1-5-9-12-13-14-21-26-33-40-35(38)29-22-17-15-19-24-31-37(8-4)32-25-20-16-18-23-30-36(39)41-34(27-10-6-2)28-11-7-3/h34H,5-33H2,1-4H3. The highest BCUT2D eigenvalue weighted by atomic mass is 16.5. The van der Waals surface area contributed by atoms with Crippen LogP contribution in [-0.2, 0) is 19.1 Å². The second-order valence-corrected chi connectivity index (χ2v) is 12.2. The molecule has 0 unspecified atom stereocenters. The highest BCUT2D eigenvalue weighted by Gasteiger charge is 2.13. The van der Waals surface area contributed by atoms with Crippen molar-refractivity contribution < 1.29 is 19.1 Å². The van der Waals surface area contributed by atoms with Gasteiger partial charge >= 0.3 is 11.9 Å². The van der Waals surface area contributed by atoms with Crippen molar-refractivity contribution in [3.63, 3.8) is 0 Å². The zero-order valence-corrected chi connectivity index (χ0v) is 28.2. The van der Waals surface area contributed by atoms with E-state index in [9.17, 15) is 9.59 Å². The van der Waals surface area contributed by atoms with Gasteiger partial charge in [-0.25, -0.2) is 0 Å². The molecular weight excluding hydrogens is 510 g/mol. The molecule has 0 saturated carbocycles. The Kier molecular flexibility index (Phi) is 31.0. The summed E-state index contributed by atoms with van der Waals surface area (Å²) in [6.45, 7) is 13.0. The van der Waals surface area contributed by atoms with Crippen LogP contribution in [0.15, 0.2) is 0 Å². The van der Waals surface area contributed by atoms with E-state index >= 15 is 0 Å². The summed E-state index contributed by atoms with van der Waals surface area (Å²) in [4.78, 5) is 26.7. The molecule has 0 bridgehead atoms. The third kappa shape index (κ3) is 28.8. The first kappa shape index (κ1) is 39.9. The predicted molar refractivity (Wildman–Crippen MR) is 175 cm³/mol. The molecule has 0 N–H and O–H groups in total. The topological polar surface area (TPSA) is 55.8 Å². The Labute approximate surface area is 256 Å². The van der Waals surface area contributed by atoms with Crippen molar-refractivity contribution in [2.75, 3.05) is 26.2 Å². The van der Waals surface area contributed by atoms with E-state index in [-0.39, 0.29) is 18.0 Å². The molecule has 244 valence electrons. The van der Waals surface area contributed by atoms with Gasteiger partial charge in [-0.15, -0.1) is 0 Å². The van der Waals surface area contributed by atoms with Crippen molar-refractivity contribution in [3.05, 3.63) is 0 Å².